The fourth-order valence-electron chi connectivity index (χ4n) is 3.76. The molecule has 2 aliphatic rings. The van der Waals surface area contributed by atoms with Crippen molar-refractivity contribution in [3.05, 3.63) is 24.4 Å². The Labute approximate surface area is 117 Å². The number of anilines is 1. The Bertz CT molecular complexity index is 650. The van der Waals surface area contributed by atoms with Gasteiger partial charge < -0.3 is 10.6 Å². The van der Waals surface area contributed by atoms with E-state index in [1.54, 1.807) is 6.20 Å². The maximum absolute atomic E-state index is 12.5. The van der Waals surface area contributed by atoms with Crippen molar-refractivity contribution in [2.45, 2.75) is 25.3 Å². The summed E-state index contributed by atoms with van der Waals surface area (Å²) in [5, 5.41) is 14.4. The summed E-state index contributed by atoms with van der Waals surface area (Å²) in [6.45, 7) is 0.983. The van der Waals surface area contributed by atoms with E-state index in [1.807, 2.05) is 18.2 Å². The van der Waals surface area contributed by atoms with Crippen LogP contribution in [0.3, 0.4) is 0 Å². The Hall–Kier alpha value is -1.88. The van der Waals surface area contributed by atoms with Crippen molar-refractivity contribution in [1.29, 1.82) is 0 Å². The zero-order valence-electron chi connectivity index (χ0n) is 11.2. The largest absolute Gasteiger partial charge is 0.323 e. The minimum Gasteiger partial charge on any atom is -0.323 e. The zero-order valence-corrected chi connectivity index (χ0v) is 11.2. The maximum atomic E-state index is 12.5. The number of fused-ring (bicyclic) bond motifs is 2. The smallest absolute Gasteiger partial charge is 0.241 e. The lowest BCUT2D eigenvalue weighted by molar-refractivity contribution is -0.118. The Balaban J connectivity index is 1.57. The second-order valence-electron chi connectivity index (χ2n) is 5.87. The third kappa shape index (κ3) is 1.81. The van der Waals surface area contributed by atoms with Crippen LogP contribution >= 0.6 is 0 Å². The maximum Gasteiger partial charge on any atom is 0.241 e. The quantitative estimate of drug-likeness (QED) is 0.780. The lowest BCUT2D eigenvalue weighted by Crippen LogP contribution is -2.39. The monoisotopic (exact) mass is 270 g/mol. The number of nitrogens with zero attached hydrogens (tertiary/aromatic N) is 1. The Kier molecular flexibility index (Phi) is 2.73. The predicted molar refractivity (Wildman–Crippen MR) is 77.3 cm³/mol. The van der Waals surface area contributed by atoms with E-state index in [0.29, 0.717) is 11.8 Å². The van der Waals surface area contributed by atoms with Gasteiger partial charge in [0.25, 0.3) is 0 Å². The van der Waals surface area contributed by atoms with Gasteiger partial charge in [0.1, 0.15) is 0 Å². The first-order chi connectivity index (χ1) is 9.83. The van der Waals surface area contributed by atoms with Gasteiger partial charge in [-0.05, 0) is 37.3 Å². The summed E-state index contributed by atoms with van der Waals surface area (Å²) in [5.41, 5.74) is 1.70. The second-order valence-corrected chi connectivity index (χ2v) is 5.87. The molecule has 5 nitrogen and oxygen atoms in total. The number of aromatic nitrogens is 2. The number of benzene rings is 1. The molecule has 0 spiro atoms. The van der Waals surface area contributed by atoms with Gasteiger partial charge in [-0.3, -0.25) is 9.89 Å². The molecule has 0 bridgehead atoms. The van der Waals surface area contributed by atoms with Gasteiger partial charge in [0.05, 0.1) is 23.4 Å². The minimum absolute atomic E-state index is 0.0410. The summed E-state index contributed by atoms with van der Waals surface area (Å²) in [6, 6.07) is 5.79. The van der Waals surface area contributed by atoms with Crippen molar-refractivity contribution < 1.29 is 4.79 Å². The van der Waals surface area contributed by atoms with Crippen molar-refractivity contribution in [2.75, 3.05) is 11.9 Å². The van der Waals surface area contributed by atoms with E-state index in [0.717, 1.165) is 23.1 Å². The normalized spacial score (nSPS) is 28.7. The van der Waals surface area contributed by atoms with Crippen LogP contribution in [-0.2, 0) is 4.79 Å². The average Bonchev–Trinajstić information content (AvgIpc) is 3.14. The molecule has 0 radical (unpaired) electrons. The number of para-hydroxylation sites is 1. The van der Waals surface area contributed by atoms with E-state index in [4.69, 9.17) is 0 Å². The molecular formula is C15H18N4O. The number of hydrogen-bond donors (Lipinski definition) is 3. The van der Waals surface area contributed by atoms with Crippen LogP contribution in [0.25, 0.3) is 10.9 Å². The number of H-pyrrole nitrogens is 1. The Morgan fingerprint density at radius 3 is 3.25 bits per heavy atom. The van der Waals surface area contributed by atoms with Crippen LogP contribution in [0, 0.1) is 11.8 Å². The molecule has 1 aromatic heterocycles. The molecule has 3 N–H and O–H groups in total. The number of aromatic amines is 1. The lowest BCUT2D eigenvalue weighted by atomic mass is 9.93. The number of carbonyl (C=O) groups is 1. The van der Waals surface area contributed by atoms with Gasteiger partial charge in [-0.15, -0.1) is 0 Å². The number of rotatable bonds is 2. The van der Waals surface area contributed by atoms with Crippen molar-refractivity contribution in [1.82, 2.24) is 15.5 Å². The first-order valence-electron chi connectivity index (χ1n) is 7.29. The van der Waals surface area contributed by atoms with Gasteiger partial charge in [0.15, 0.2) is 0 Å². The van der Waals surface area contributed by atoms with E-state index < -0.39 is 0 Å². The molecular weight excluding hydrogens is 252 g/mol. The van der Waals surface area contributed by atoms with Crippen LogP contribution in [0.15, 0.2) is 24.4 Å². The van der Waals surface area contributed by atoms with E-state index in [1.165, 1.54) is 19.3 Å². The summed E-state index contributed by atoms with van der Waals surface area (Å²) >= 11 is 0. The lowest BCUT2D eigenvalue weighted by Gasteiger charge is -2.18. The average molecular weight is 270 g/mol. The fourth-order valence-corrected chi connectivity index (χ4v) is 3.76. The highest BCUT2D eigenvalue weighted by Gasteiger charge is 2.42. The van der Waals surface area contributed by atoms with E-state index >= 15 is 0 Å². The molecule has 104 valence electrons. The summed E-state index contributed by atoms with van der Waals surface area (Å²) in [7, 11) is 0. The van der Waals surface area contributed by atoms with Crippen LogP contribution in [0.1, 0.15) is 19.3 Å². The van der Waals surface area contributed by atoms with E-state index in [-0.39, 0.29) is 11.9 Å². The third-order valence-electron chi connectivity index (χ3n) is 4.76. The second kappa shape index (κ2) is 4.59. The van der Waals surface area contributed by atoms with Gasteiger partial charge >= 0.3 is 0 Å². The van der Waals surface area contributed by atoms with Gasteiger partial charge in [0.2, 0.25) is 5.91 Å². The molecule has 2 heterocycles. The number of amides is 1. The van der Waals surface area contributed by atoms with Gasteiger partial charge in [-0.1, -0.05) is 18.6 Å². The molecule has 1 amide bonds. The van der Waals surface area contributed by atoms with E-state index in [9.17, 15) is 4.79 Å². The highest BCUT2D eigenvalue weighted by molar-refractivity contribution is 6.02. The van der Waals surface area contributed by atoms with Crippen molar-refractivity contribution in [3.8, 4) is 0 Å². The fraction of sp³-hybridized carbons (Fsp3) is 0.467. The number of carbonyl (C=O) groups excluding carboxylic acids is 1. The first-order valence-corrected chi connectivity index (χ1v) is 7.29. The molecule has 2 fully saturated rings. The topological polar surface area (TPSA) is 69.8 Å². The van der Waals surface area contributed by atoms with Crippen molar-refractivity contribution >= 4 is 22.5 Å². The highest BCUT2D eigenvalue weighted by atomic mass is 16.2. The van der Waals surface area contributed by atoms with Crippen molar-refractivity contribution in [2.24, 2.45) is 11.8 Å². The van der Waals surface area contributed by atoms with Gasteiger partial charge in [0, 0.05) is 5.39 Å². The summed E-state index contributed by atoms with van der Waals surface area (Å²) < 4.78 is 0. The Morgan fingerprint density at radius 2 is 2.30 bits per heavy atom. The molecule has 1 saturated heterocycles. The molecule has 20 heavy (non-hydrogen) atoms. The molecule has 5 heteroatoms. The zero-order chi connectivity index (χ0) is 13.5. The van der Waals surface area contributed by atoms with Crippen LogP contribution in [0.4, 0.5) is 5.69 Å². The van der Waals surface area contributed by atoms with Crippen LogP contribution in [0.5, 0.6) is 0 Å². The molecule has 1 saturated carbocycles. The van der Waals surface area contributed by atoms with E-state index in [2.05, 4.69) is 20.8 Å². The standard InChI is InChI=1S/C15H18N4O/c20-15(14-11-5-1-3-9(11)7-16-14)18-12-6-2-4-10-8-17-19-13(10)12/h2,4,6,8-9,11,14,16H,1,3,5,7H2,(H,17,19)(H,18,20). The summed E-state index contributed by atoms with van der Waals surface area (Å²) in [5.74, 6) is 1.28. The van der Waals surface area contributed by atoms with Crippen LogP contribution in [0.2, 0.25) is 0 Å². The molecule has 3 atom stereocenters. The molecule has 3 unspecified atom stereocenters. The highest BCUT2D eigenvalue weighted by Crippen LogP contribution is 2.38. The number of hydrogen-bond acceptors (Lipinski definition) is 3. The molecule has 2 aromatic rings. The minimum atomic E-state index is -0.0410. The van der Waals surface area contributed by atoms with Gasteiger partial charge in [-0.2, -0.15) is 5.10 Å². The first kappa shape index (κ1) is 11.9. The van der Waals surface area contributed by atoms with Gasteiger partial charge in [-0.25, -0.2) is 0 Å². The Morgan fingerprint density at radius 1 is 1.35 bits per heavy atom. The predicted octanol–water partition coefficient (Wildman–Crippen LogP) is 1.89. The third-order valence-corrected chi connectivity index (χ3v) is 4.76. The number of nitrogens with one attached hydrogen (secondary N) is 3. The summed E-state index contributed by atoms with van der Waals surface area (Å²) in [6.07, 6.45) is 5.46. The van der Waals surface area contributed by atoms with Crippen LogP contribution in [-0.4, -0.2) is 28.7 Å². The molecule has 4 rings (SSSR count). The van der Waals surface area contributed by atoms with Crippen LogP contribution < -0.4 is 10.6 Å². The van der Waals surface area contributed by atoms with Crippen molar-refractivity contribution in [3.63, 3.8) is 0 Å². The molecule has 1 aromatic carbocycles. The summed E-state index contributed by atoms with van der Waals surface area (Å²) in [4.78, 5) is 12.5. The molecule has 1 aliphatic heterocycles. The molecule has 1 aliphatic carbocycles. The SMILES string of the molecule is O=C(Nc1cccc2cn[nH]c12)C1NCC2CCCC21.